The number of carbonyl (C=O) groups is 1. The van der Waals surface area contributed by atoms with Crippen LogP contribution in [0.2, 0.25) is 5.04 Å². The van der Waals surface area contributed by atoms with Crippen molar-refractivity contribution in [1.29, 1.82) is 0 Å². The number of aromatic carboxylic acids is 1. The average Bonchev–Trinajstić information content (AvgIpc) is 2.92. The molecule has 3 aromatic carbocycles. The van der Waals surface area contributed by atoms with Gasteiger partial charge in [0.2, 0.25) is 0 Å². The number of pyridine rings is 1. The van der Waals surface area contributed by atoms with Crippen molar-refractivity contribution in [1.82, 2.24) is 4.98 Å². The standard InChI is InChI=1S/C31H33NO5Si/c1-31(2,3)38(28-11-7-5-8-12-28,29-13-9-6-10-14-29)37-22-24-15-23(16-26(17-24)35-4)21-36-27-18-25(30(33)34)19-32-20-27/h5-20H,21-22H2,1-4H3,(H,33,34). The molecule has 0 bridgehead atoms. The molecule has 7 heteroatoms. The molecule has 0 spiro atoms. The van der Waals surface area contributed by atoms with E-state index in [-0.39, 0.29) is 17.2 Å². The second kappa shape index (κ2) is 11.6. The van der Waals surface area contributed by atoms with Crippen LogP contribution in [0, 0.1) is 0 Å². The van der Waals surface area contributed by atoms with Gasteiger partial charge in [-0.15, -0.1) is 0 Å². The van der Waals surface area contributed by atoms with Crippen molar-refractivity contribution < 1.29 is 23.8 Å². The first-order valence-corrected chi connectivity index (χ1v) is 14.4. The molecule has 0 fully saturated rings. The SMILES string of the molecule is COc1cc(COc2cncc(C(=O)O)c2)cc(CO[Si](c2ccccc2)(c2ccccc2)C(C)(C)C)c1. The summed E-state index contributed by atoms with van der Waals surface area (Å²) in [6.07, 6.45) is 2.79. The second-order valence-electron chi connectivity index (χ2n) is 10.1. The highest BCUT2D eigenvalue weighted by Gasteiger charge is 2.50. The van der Waals surface area contributed by atoms with Crippen molar-refractivity contribution >= 4 is 24.7 Å². The van der Waals surface area contributed by atoms with Gasteiger partial charge in [-0.1, -0.05) is 81.4 Å². The number of carboxylic acids is 1. The summed E-state index contributed by atoms with van der Waals surface area (Å²) >= 11 is 0. The second-order valence-corrected chi connectivity index (χ2v) is 14.5. The number of aromatic nitrogens is 1. The molecule has 38 heavy (non-hydrogen) atoms. The summed E-state index contributed by atoms with van der Waals surface area (Å²) in [6, 6.07) is 28.4. The Balaban J connectivity index is 1.65. The molecule has 0 unspecified atom stereocenters. The third-order valence-electron chi connectivity index (χ3n) is 6.50. The van der Waals surface area contributed by atoms with Gasteiger partial charge in [0.1, 0.15) is 18.1 Å². The minimum atomic E-state index is -2.70. The van der Waals surface area contributed by atoms with Crippen molar-refractivity contribution in [3.8, 4) is 11.5 Å². The zero-order valence-electron chi connectivity index (χ0n) is 22.2. The Morgan fingerprint density at radius 3 is 1.92 bits per heavy atom. The molecule has 0 atom stereocenters. The molecule has 4 aromatic rings. The van der Waals surface area contributed by atoms with Crippen LogP contribution < -0.4 is 19.8 Å². The monoisotopic (exact) mass is 527 g/mol. The Morgan fingerprint density at radius 2 is 1.39 bits per heavy atom. The molecular weight excluding hydrogens is 494 g/mol. The van der Waals surface area contributed by atoms with Crippen LogP contribution in [0.1, 0.15) is 42.3 Å². The summed E-state index contributed by atoms with van der Waals surface area (Å²) < 4.78 is 18.5. The van der Waals surface area contributed by atoms with E-state index in [4.69, 9.17) is 13.9 Å². The predicted octanol–water partition coefficient (Wildman–Crippen LogP) is 5.44. The normalized spacial score (nSPS) is 11.7. The molecule has 0 aliphatic carbocycles. The van der Waals surface area contributed by atoms with E-state index in [1.54, 1.807) is 7.11 Å². The Labute approximate surface area is 225 Å². The van der Waals surface area contributed by atoms with Crippen molar-refractivity contribution in [3.63, 3.8) is 0 Å². The van der Waals surface area contributed by atoms with Crippen LogP contribution in [0.25, 0.3) is 0 Å². The molecule has 196 valence electrons. The quantitative estimate of drug-likeness (QED) is 0.277. The van der Waals surface area contributed by atoms with Crippen molar-refractivity contribution in [3.05, 3.63) is 114 Å². The fourth-order valence-electron chi connectivity index (χ4n) is 4.75. The van der Waals surface area contributed by atoms with Gasteiger partial charge in [0, 0.05) is 6.20 Å². The first-order valence-electron chi connectivity index (χ1n) is 12.5. The third-order valence-corrected chi connectivity index (χ3v) is 11.5. The predicted molar refractivity (Wildman–Crippen MR) is 151 cm³/mol. The maximum atomic E-state index is 11.3. The first kappa shape index (κ1) is 27.1. The Bertz CT molecular complexity index is 1330. The van der Waals surface area contributed by atoms with Crippen molar-refractivity contribution in [2.24, 2.45) is 0 Å². The lowest BCUT2D eigenvalue weighted by Crippen LogP contribution is -2.66. The van der Waals surface area contributed by atoms with Crippen molar-refractivity contribution in [2.75, 3.05) is 7.11 Å². The van der Waals surface area contributed by atoms with Gasteiger partial charge in [-0.2, -0.15) is 0 Å². The maximum absolute atomic E-state index is 11.3. The minimum Gasteiger partial charge on any atom is -0.497 e. The van der Waals surface area contributed by atoms with E-state index >= 15 is 0 Å². The van der Waals surface area contributed by atoms with Gasteiger partial charge in [-0.05, 0) is 50.8 Å². The summed E-state index contributed by atoms with van der Waals surface area (Å²) in [7, 11) is -1.07. The largest absolute Gasteiger partial charge is 0.497 e. The van der Waals surface area contributed by atoms with E-state index < -0.39 is 14.3 Å². The van der Waals surface area contributed by atoms with Crippen LogP contribution in [0.4, 0.5) is 0 Å². The van der Waals surface area contributed by atoms with E-state index in [0.29, 0.717) is 18.1 Å². The Morgan fingerprint density at radius 1 is 0.816 bits per heavy atom. The molecule has 6 nitrogen and oxygen atoms in total. The summed E-state index contributed by atoms with van der Waals surface area (Å²) in [5.41, 5.74) is 1.92. The lowest BCUT2D eigenvalue weighted by Gasteiger charge is -2.43. The molecule has 0 saturated heterocycles. The van der Waals surface area contributed by atoms with Crippen LogP contribution in [-0.4, -0.2) is 31.5 Å². The lowest BCUT2D eigenvalue weighted by molar-refractivity contribution is 0.0695. The summed E-state index contributed by atoms with van der Waals surface area (Å²) in [5.74, 6) is 0.0366. The first-order chi connectivity index (χ1) is 18.2. The molecule has 0 aliphatic rings. The smallest absolute Gasteiger partial charge is 0.337 e. The number of methoxy groups -OCH3 is 1. The maximum Gasteiger partial charge on any atom is 0.337 e. The highest BCUT2D eigenvalue weighted by molar-refractivity contribution is 6.99. The highest BCUT2D eigenvalue weighted by Crippen LogP contribution is 2.37. The Kier molecular flexibility index (Phi) is 8.29. The molecule has 0 radical (unpaired) electrons. The van der Waals surface area contributed by atoms with E-state index in [1.807, 2.05) is 30.3 Å². The van der Waals surface area contributed by atoms with Crippen LogP contribution in [0.15, 0.2) is 97.3 Å². The fraction of sp³-hybridized carbons (Fsp3) is 0.226. The van der Waals surface area contributed by atoms with E-state index in [9.17, 15) is 9.90 Å². The molecule has 0 aliphatic heterocycles. The van der Waals surface area contributed by atoms with Crippen LogP contribution in [0.5, 0.6) is 11.5 Å². The zero-order chi connectivity index (χ0) is 27.2. The lowest BCUT2D eigenvalue weighted by atomic mass is 10.1. The van der Waals surface area contributed by atoms with Crippen LogP contribution in [0.3, 0.4) is 0 Å². The molecule has 4 rings (SSSR count). The topological polar surface area (TPSA) is 77.9 Å². The summed E-state index contributed by atoms with van der Waals surface area (Å²) in [4.78, 5) is 15.2. The number of ether oxygens (including phenoxy) is 2. The van der Waals surface area contributed by atoms with E-state index in [0.717, 1.165) is 11.1 Å². The van der Waals surface area contributed by atoms with Gasteiger partial charge in [-0.3, -0.25) is 4.98 Å². The van der Waals surface area contributed by atoms with Gasteiger partial charge in [0.25, 0.3) is 8.32 Å². The molecule has 0 saturated carbocycles. The van der Waals surface area contributed by atoms with Crippen molar-refractivity contribution in [2.45, 2.75) is 39.0 Å². The number of carboxylic acid groups (broad SMARTS) is 1. The zero-order valence-corrected chi connectivity index (χ0v) is 23.2. The van der Waals surface area contributed by atoms with Gasteiger partial charge >= 0.3 is 5.97 Å². The number of hydrogen-bond acceptors (Lipinski definition) is 5. The molecule has 1 N–H and O–H groups in total. The van der Waals surface area contributed by atoms with Crippen LogP contribution in [-0.2, 0) is 17.6 Å². The van der Waals surface area contributed by atoms with E-state index in [2.05, 4.69) is 74.3 Å². The molecule has 1 aromatic heterocycles. The Hall–Kier alpha value is -3.94. The van der Waals surface area contributed by atoms with Gasteiger partial charge in [-0.25, -0.2) is 4.79 Å². The molecule has 1 heterocycles. The number of nitrogens with zero attached hydrogens (tertiary/aromatic N) is 1. The summed E-state index contributed by atoms with van der Waals surface area (Å²) in [6.45, 7) is 7.39. The number of benzene rings is 3. The third kappa shape index (κ3) is 5.96. The van der Waals surface area contributed by atoms with Gasteiger partial charge in [0.05, 0.1) is 25.5 Å². The molecular formula is C31H33NO5Si. The summed E-state index contributed by atoms with van der Waals surface area (Å²) in [5, 5.41) is 11.5. The van der Waals surface area contributed by atoms with Gasteiger partial charge in [0.15, 0.2) is 0 Å². The minimum absolute atomic E-state index is 0.0764. The number of rotatable bonds is 10. The average molecular weight is 528 g/mol. The number of hydrogen-bond donors (Lipinski definition) is 1. The fourth-order valence-corrected chi connectivity index (χ4v) is 9.29. The van der Waals surface area contributed by atoms with E-state index in [1.165, 1.54) is 28.8 Å². The van der Waals surface area contributed by atoms with Crippen LogP contribution >= 0.6 is 0 Å². The van der Waals surface area contributed by atoms with Gasteiger partial charge < -0.3 is 19.0 Å². The highest BCUT2D eigenvalue weighted by atomic mass is 28.4. The molecule has 0 amide bonds.